The van der Waals surface area contributed by atoms with Gasteiger partial charge in [-0.15, -0.1) is 11.3 Å². The van der Waals surface area contributed by atoms with Gasteiger partial charge in [0.1, 0.15) is 11.2 Å². The molecule has 0 atom stereocenters. The van der Waals surface area contributed by atoms with Crippen LogP contribution in [0.1, 0.15) is 0 Å². The fraction of sp³-hybridized carbons (Fsp3) is 0. The zero-order chi connectivity index (χ0) is 38.9. The average molecular weight is 770 g/mol. The number of thiophene rings is 1. The Labute approximate surface area is 345 Å². The van der Waals surface area contributed by atoms with E-state index in [1.54, 1.807) is 0 Å². The summed E-state index contributed by atoms with van der Waals surface area (Å²) in [6.45, 7) is 0. The molecule has 3 heteroatoms. The quantitative estimate of drug-likeness (QED) is 0.157. The van der Waals surface area contributed by atoms with Crippen LogP contribution in [-0.2, 0) is 0 Å². The fourth-order valence-corrected chi connectivity index (χ4v) is 10.1. The van der Waals surface area contributed by atoms with Crippen molar-refractivity contribution in [3.8, 4) is 33.4 Å². The Hall–Kier alpha value is -7.46. The summed E-state index contributed by atoms with van der Waals surface area (Å²) in [6.07, 6.45) is 0. The van der Waals surface area contributed by atoms with Gasteiger partial charge in [0, 0.05) is 42.2 Å². The maximum absolute atomic E-state index is 6.88. The van der Waals surface area contributed by atoms with Crippen molar-refractivity contribution in [1.29, 1.82) is 0 Å². The lowest BCUT2D eigenvalue weighted by atomic mass is 9.96. The fourth-order valence-electron chi connectivity index (χ4n) is 9.04. The standard InChI is InChI=1S/C56H35NOS/c1-2-11-36(12-3-1)37-21-23-40(24-22-37)45-32-33-50(55-47-17-6-8-19-51(47)58-56(45)55)57(49-18-10-14-41-26-25-39-13-4-5-15-44(39)54(41)49)43-30-27-38(28-31-43)42-29-34-53-48(35-42)46-16-7-9-20-52(46)59-53/h1-35H. The van der Waals surface area contributed by atoms with E-state index in [1.807, 2.05) is 11.3 Å². The topological polar surface area (TPSA) is 16.4 Å². The number of furan rings is 1. The van der Waals surface area contributed by atoms with Crippen LogP contribution in [0.15, 0.2) is 217 Å². The van der Waals surface area contributed by atoms with E-state index in [0.29, 0.717) is 0 Å². The van der Waals surface area contributed by atoms with Crippen molar-refractivity contribution in [2.24, 2.45) is 0 Å². The third-order valence-electron chi connectivity index (χ3n) is 11.9. The van der Waals surface area contributed by atoms with Gasteiger partial charge >= 0.3 is 0 Å². The molecular weight excluding hydrogens is 735 g/mol. The molecule has 0 saturated carbocycles. The van der Waals surface area contributed by atoms with Crippen LogP contribution in [-0.4, -0.2) is 0 Å². The van der Waals surface area contributed by atoms with Gasteiger partial charge in [0.25, 0.3) is 0 Å². The highest BCUT2D eigenvalue weighted by Gasteiger charge is 2.24. The molecule has 2 aromatic heterocycles. The number of benzene rings is 10. The zero-order valence-electron chi connectivity index (χ0n) is 32.0. The number of fused-ring (bicyclic) bond motifs is 9. The average Bonchev–Trinajstić information content (AvgIpc) is 3.89. The van der Waals surface area contributed by atoms with Crippen LogP contribution in [0, 0.1) is 0 Å². The van der Waals surface area contributed by atoms with Gasteiger partial charge in [-0.05, 0) is 98.6 Å². The number of nitrogens with zero attached hydrogens (tertiary/aromatic N) is 1. The minimum atomic E-state index is 0.868. The van der Waals surface area contributed by atoms with Gasteiger partial charge in [0.2, 0.25) is 0 Å². The molecule has 12 rings (SSSR count). The molecule has 2 heterocycles. The molecule has 12 aromatic rings. The Morgan fingerprint density at radius 2 is 0.966 bits per heavy atom. The Morgan fingerprint density at radius 3 is 1.83 bits per heavy atom. The summed E-state index contributed by atoms with van der Waals surface area (Å²) in [5.74, 6) is 0. The minimum Gasteiger partial charge on any atom is -0.455 e. The molecule has 0 amide bonds. The second-order valence-corrected chi connectivity index (χ2v) is 16.3. The van der Waals surface area contributed by atoms with E-state index in [9.17, 15) is 0 Å². The maximum Gasteiger partial charge on any atom is 0.145 e. The lowest BCUT2D eigenvalue weighted by molar-refractivity contribution is 0.670. The van der Waals surface area contributed by atoms with Crippen LogP contribution in [0.3, 0.4) is 0 Å². The van der Waals surface area contributed by atoms with Crippen molar-refractivity contribution >= 4 is 92.1 Å². The first-order valence-corrected chi connectivity index (χ1v) is 20.9. The summed E-state index contributed by atoms with van der Waals surface area (Å²) < 4.78 is 9.52. The second kappa shape index (κ2) is 13.6. The lowest BCUT2D eigenvalue weighted by Crippen LogP contribution is -2.11. The molecule has 0 bridgehead atoms. The Morgan fingerprint density at radius 1 is 0.356 bits per heavy atom. The summed E-state index contributed by atoms with van der Waals surface area (Å²) in [7, 11) is 0. The predicted molar refractivity (Wildman–Crippen MR) is 253 cm³/mol. The molecule has 0 unspecified atom stereocenters. The van der Waals surface area contributed by atoms with E-state index in [-0.39, 0.29) is 0 Å². The second-order valence-electron chi connectivity index (χ2n) is 15.2. The Balaban J connectivity index is 1.08. The highest BCUT2D eigenvalue weighted by atomic mass is 32.1. The SMILES string of the molecule is c1ccc(-c2ccc(-c3ccc(N(c4ccc(-c5ccc6sc7ccccc7c6c5)cc4)c4cccc5ccc6ccccc6c45)c4c3oc3ccccc34)cc2)cc1. The zero-order valence-corrected chi connectivity index (χ0v) is 32.8. The summed E-state index contributed by atoms with van der Waals surface area (Å²) in [6, 6.07) is 76.9. The molecule has 10 aromatic carbocycles. The maximum atomic E-state index is 6.88. The summed E-state index contributed by atoms with van der Waals surface area (Å²) in [5.41, 5.74) is 12.0. The number of anilines is 3. The van der Waals surface area contributed by atoms with Crippen LogP contribution in [0.4, 0.5) is 17.1 Å². The summed E-state index contributed by atoms with van der Waals surface area (Å²) in [5, 5.41) is 9.64. The molecule has 0 spiro atoms. The smallest absolute Gasteiger partial charge is 0.145 e. The number of hydrogen-bond donors (Lipinski definition) is 0. The van der Waals surface area contributed by atoms with Crippen molar-refractivity contribution < 1.29 is 4.42 Å². The van der Waals surface area contributed by atoms with Crippen molar-refractivity contribution in [2.75, 3.05) is 4.90 Å². The van der Waals surface area contributed by atoms with E-state index in [0.717, 1.165) is 50.1 Å². The monoisotopic (exact) mass is 769 g/mol. The molecule has 276 valence electrons. The van der Waals surface area contributed by atoms with E-state index in [2.05, 4.69) is 217 Å². The number of hydrogen-bond acceptors (Lipinski definition) is 3. The van der Waals surface area contributed by atoms with Gasteiger partial charge in [-0.1, -0.05) is 158 Å². The molecule has 2 nitrogen and oxygen atoms in total. The molecule has 0 fully saturated rings. The normalized spacial score (nSPS) is 11.7. The van der Waals surface area contributed by atoms with Crippen molar-refractivity contribution in [3.63, 3.8) is 0 Å². The van der Waals surface area contributed by atoms with Crippen LogP contribution in [0.5, 0.6) is 0 Å². The van der Waals surface area contributed by atoms with Gasteiger partial charge in [-0.2, -0.15) is 0 Å². The first-order valence-electron chi connectivity index (χ1n) is 20.1. The highest BCUT2D eigenvalue weighted by Crippen LogP contribution is 2.49. The van der Waals surface area contributed by atoms with E-state index < -0.39 is 0 Å². The molecule has 0 radical (unpaired) electrons. The third kappa shape index (κ3) is 5.55. The minimum absolute atomic E-state index is 0.868. The largest absolute Gasteiger partial charge is 0.455 e. The van der Waals surface area contributed by atoms with Crippen molar-refractivity contribution in [1.82, 2.24) is 0 Å². The van der Waals surface area contributed by atoms with Crippen molar-refractivity contribution in [3.05, 3.63) is 212 Å². The van der Waals surface area contributed by atoms with Gasteiger partial charge in [-0.3, -0.25) is 0 Å². The van der Waals surface area contributed by atoms with Crippen molar-refractivity contribution in [2.45, 2.75) is 0 Å². The summed E-state index contributed by atoms with van der Waals surface area (Å²) in [4.78, 5) is 2.45. The number of para-hydroxylation sites is 1. The van der Waals surface area contributed by atoms with Gasteiger partial charge in [-0.25, -0.2) is 0 Å². The molecule has 0 aliphatic rings. The van der Waals surface area contributed by atoms with Crippen LogP contribution in [0.25, 0.3) is 97.0 Å². The van der Waals surface area contributed by atoms with Crippen LogP contribution >= 0.6 is 11.3 Å². The first-order chi connectivity index (χ1) is 29.2. The van der Waals surface area contributed by atoms with Gasteiger partial charge in [0.15, 0.2) is 0 Å². The molecule has 0 aliphatic carbocycles. The molecule has 0 N–H and O–H groups in total. The third-order valence-corrected chi connectivity index (χ3v) is 13.0. The molecule has 59 heavy (non-hydrogen) atoms. The van der Waals surface area contributed by atoms with Crippen LogP contribution in [0.2, 0.25) is 0 Å². The van der Waals surface area contributed by atoms with E-state index in [1.165, 1.54) is 64.0 Å². The summed E-state index contributed by atoms with van der Waals surface area (Å²) >= 11 is 1.86. The van der Waals surface area contributed by atoms with E-state index >= 15 is 0 Å². The molecular formula is C56H35NOS. The lowest BCUT2D eigenvalue weighted by Gasteiger charge is -2.28. The van der Waals surface area contributed by atoms with Gasteiger partial charge < -0.3 is 9.32 Å². The van der Waals surface area contributed by atoms with Crippen LogP contribution < -0.4 is 4.90 Å². The van der Waals surface area contributed by atoms with E-state index in [4.69, 9.17) is 4.42 Å². The van der Waals surface area contributed by atoms with Gasteiger partial charge in [0.05, 0.1) is 16.8 Å². The predicted octanol–water partition coefficient (Wildman–Crippen LogP) is 16.7. The molecule has 0 aliphatic heterocycles. The molecule has 0 saturated heterocycles. The highest BCUT2D eigenvalue weighted by molar-refractivity contribution is 7.25. The number of rotatable bonds is 6. The first kappa shape index (κ1) is 33.7. The Bertz CT molecular complexity index is 3540. The Kier molecular flexibility index (Phi) is 7.75.